The highest BCUT2D eigenvalue weighted by Gasteiger charge is 2.22. The van der Waals surface area contributed by atoms with E-state index in [-0.39, 0.29) is 18.1 Å². The lowest BCUT2D eigenvalue weighted by molar-refractivity contribution is -0.122. The molecule has 1 aliphatic heterocycles. The summed E-state index contributed by atoms with van der Waals surface area (Å²) < 4.78 is 5.21. The van der Waals surface area contributed by atoms with Crippen LogP contribution in [0.1, 0.15) is 25.1 Å². The standard InChI is InChI=1S/C12H18N2O3/c1-9(11-3-2-6-17-11)13-12(16)8-14-5-4-10(15)7-14/h2-3,6,9-10,15H,4-5,7-8H2,1H3,(H,13,16)/t9?,10-/m1/s1. The highest BCUT2D eigenvalue weighted by Crippen LogP contribution is 2.12. The lowest BCUT2D eigenvalue weighted by Crippen LogP contribution is -2.37. The summed E-state index contributed by atoms with van der Waals surface area (Å²) in [6, 6.07) is 3.52. The predicted molar refractivity (Wildman–Crippen MR) is 62.3 cm³/mol. The lowest BCUT2D eigenvalue weighted by atomic mass is 10.2. The average molecular weight is 238 g/mol. The van der Waals surface area contributed by atoms with Crippen molar-refractivity contribution in [3.63, 3.8) is 0 Å². The highest BCUT2D eigenvalue weighted by molar-refractivity contribution is 5.78. The fraction of sp³-hybridized carbons (Fsp3) is 0.583. The number of hydrogen-bond acceptors (Lipinski definition) is 4. The molecule has 0 bridgehead atoms. The van der Waals surface area contributed by atoms with Gasteiger partial charge >= 0.3 is 0 Å². The van der Waals surface area contributed by atoms with Gasteiger partial charge in [0.25, 0.3) is 0 Å². The van der Waals surface area contributed by atoms with Crippen LogP contribution in [0.15, 0.2) is 22.8 Å². The normalized spacial score (nSPS) is 22.6. The van der Waals surface area contributed by atoms with Crippen molar-refractivity contribution in [1.29, 1.82) is 0 Å². The van der Waals surface area contributed by atoms with Crippen molar-refractivity contribution in [2.24, 2.45) is 0 Å². The van der Waals surface area contributed by atoms with Crippen LogP contribution in [0.5, 0.6) is 0 Å². The van der Waals surface area contributed by atoms with Crippen molar-refractivity contribution < 1.29 is 14.3 Å². The van der Waals surface area contributed by atoms with Crippen molar-refractivity contribution in [2.45, 2.75) is 25.5 Å². The zero-order chi connectivity index (χ0) is 12.3. The molecule has 5 heteroatoms. The van der Waals surface area contributed by atoms with E-state index in [1.165, 1.54) is 0 Å². The van der Waals surface area contributed by atoms with Crippen LogP contribution in [0, 0.1) is 0 Å². The molecule has 2 N–H and O–H groups in total. The Balaban J connectivity index is 1.77. The van der Waals surface area contributed by atoms with Crippen LogP contribution in [-0.2, 0) is 4.79 Å². The number of furan rings is 1. The first-order valence-electron chi connectivity index (χ1n) is 5.88. The molecule has 1 aromatic heterocycles. The SMILES string of the molecule is CC(NC(=O)CN1CC[C@@H](O)C1)c1ccco1. The van der Waals surface area contributed by atoms with E-state index >= 15 is 0 Å². The van der Waals surface area contributed by atoms with Crippen molar-refractivity contribution >= 4 is 5.91 Å². The third kappa shape index (κ3) is 3.31. The van der Waals surface area contributed by atoms with E-state index in [0.29, 0.717) is 13.1 Å². The molecule has 2 heterocycles. The molecule has 2 atom stereocenters. The Morgan fingerprint density at radius 2 is 2.59 bits per heavy atom. The summed E-state index contributed by atoms with van der Waals surface area (Å²) in [7, 11) is 0. The van der Waals surface area contributed by atoms with E-state index in [1.807, 2.05) is 17.9 Å². The molecule has 1 aliphatic rings. The molecule has 17 heavy (non-hydrogen) atoms. The number of amides is 1. The second kappa shape index (κ2) is 5.33. The first-order chi connectivity index (χ1) is 8.15. The average Bonchev–Trinajstić information content (AvgIpc) is 2.89. The maximum Gasteiger partial charge on any atom is 0.234 e. The minimum absolute atomic E-state index is 0.0389. The van der Waals surface area contributed by atoms with Gasteiger partial charge in [-0.05, 0) is 25.5 Å². The lowest BCUT2D eigenvalue weighted by Gasteiger charge is -2.16. The smallest absolute Gasteiger partial charge is 0.234 e. The van der Waals surface area contributed by atoms with Crippen molar-refractivity contribution in [3.8, 4) is 0 Å². The second-order valence-corrected chi connectivity index (χ2v) is 4.48. The van der Waals surface area contributed by atoms with Gasteiger partial charge in [-0.1, -0.05) is 0 Å². The summed E-state index contributed by atoms with van der Waals surface area (Å²) in [6.07, 6.45) is 2.06. The Morgan fingerprint density at radius 1 is 1.76 bits per heavy atom. The van der Waals surface area contributed by atoms with Crippen molar-refractivity contribution in [2.75, 3.05) is 19.6 Å². The fourth-order valence-electron chi connectivity index (χ4n) is 2.05. The van der Waals surface area contributed by atoms with Gasteiger partial charge in [-0.2, -0.15) is 0 Å². The zero-order valence-electron chi connectivity index (χ0n) is 9.93. The van der Waals surface area contributed by atoms with Crippen LogP contribution in [0.4, 0.5) is 0 Å². The van der Waals surface area contributed by atoms with Gasteiger partial charge in [0.1, 0.15) is 5.76 Å². The maximum absolute atomic E-state index is 11.7. The Bertz CT molecular complexity index is 364. The number of carbonyl (C=O) groups is 1. The topological polar surface area (TPSA) is 65.7 Å². The molecule has 1 amide bonds. The minimum Gasteiger partial charge on any atom is -0.467 e. The summed E-state index contributed by atoms with van der Waals surface area (Å²) in [6.45, 7) is 3.59. The van der Waals surface area contributed by atoms with Crippen LogP contribution < -0.4 is 5.32 Å². The molecule has 1 saturated heterocycles. The first-order valence-corrected chi connectivity index (χ1v) is 5.88. The molecule has 5 nitrogen and oxygen atoms in total. The molecule has 0 aliphatic carbocycles. The third-order valence-electron chi connectivity index (χ3n) is 2.96. The van der Waals surface area contributed by atoms with E-state index in [4.69, 9.17) is 4.42 Å². The second-order valence-electron chi connectivity index (χ2n) is 4.48. The van der Waals surface area contributed by atoms with Crippen molar-refractivity contribution in [3.05, 3.63) is 24.2 Å². The summed E-state index contributed by atoms with van der Waals surface area (Å²) in [5.41, 5.74) is 0. The van der Waals surface area contributed by atoms with E-state index in [2.05, 4.69) is 5.32 Å². The third-order valence-corrected chi connectivity index (χ3v) is 2.96. The van der Waals surface area contributed by atoms with Gasteiger partial charge in [0.05, 0.1) is 25.0 Å². The predicted octanol–water partition coefficient (Wildman–Crippen LogP) is 0.523. The molecule has 2 rings (SSSR count). The number of nitrogens with zero attached hydrogens (tertiary/aromatic N) is 1. The summed E-state index contributed by atoms with van der Waals surface area (Å²) in [4.78, 5) is 13.7. The van der Waals surface area contributed by atoms with Crippen LogP contribution >= 0.6 is 0 Å². The summed E-state index contributed by atoms with van der Waals surface area (Å²) >= 11 is 0. The van der Waals surface area contributed by atoms with E-state index in [9.17, 15) is 9.90 Å². The van der Waals surface area contributed by atoms with Crippen LogP contribution in [0.25, 0.3) is 0 Å². The Labute approximate surface area is 100 Å². The quantitative estimate of drug-likeness (QED) is 0.802. The van der Waals surface area contributed by atoms with Crippen LogP contribution in [0.3, 0.4) is 0 Å². The Hall–Kier alpha value is -1.33. The number of likely N-dealkylation sites (tertiary alicyclic amines) is 1. The van der Waals surface area contributed by atoms with Gasteiger partial charge in [-0.3, -0.25) is 9.69 Å². The number of aliphatic hydroxyl groups excluding tert-OH is 1. The Kier molecular flexibility index (Phi) is 3.81. The largest absolute Gasteiger partial charge is 0.467 e. The van der Waals surface area contributed by atoms with Gasteiger partial charge < -0.3 is 14.8 Å². The van der Waals surface area contributed by atoms with Gasteiger partial charge in [-0.25, -0.2) is 0 Å². The van der Waals surface area contributed by atoms with E-state index in [1.54, 1.807) is 12.3 Å². The molecular weight excluding hydrogens is 220 g/mol. The molecule has 0 aromatic carbocycles. The molecule has 1 unspecified atom stereocenters. The number of aliphatic hydroxyl groups is 1. The molecule has 1 fully saturated rings. The molecular formula is C12H18N2O3. The summed E-state index contributed by atoms with van der Waals surface area (Å²) in [5, 5.41) is 12.2. The number of β-amino-alcohol motifs (C(OH)–C–C–N with tert-alkyl or cyclic N) is 1. The van der Waals surface area contributed by atoms with Crippen molar-refractivity contribution in [1.82, 2.24) is 10.2 Å². The van der Waals surface area contributed by atoms with E-state index in [0.717, 1.165) is 18.7 Å². The molecule has 0 spiro atoms. The zero-order valence-corrected chi connectivity index (χ0v) is 9.93. The Morgan fingerprint density at radius 3 is 3.18 bits per heavy atom. The monoisotopic (exact) mass is 238 g/mol. The number of nitrogens with one attached hydrogen (secondary N) is 1. The molecule has 0 saturated carbocycles. The first kappa shape index (κ1) is 12.1. The van der Waals surface area contributed by atoms with Gasteiger partial charge in [0.15, 0.2) is 0 Å². The summed E-state index contributed by atoms with van der Waals surface area (Å²) in [5.74, 6) is 0.711. The molecule has 0 radical (unpaired) electrons. The van der Waals surface area contributed by atoms with Gasteiger partial charge in [0.2, 0.25) is 5.91 Å². The van der Waals surface area contributed by atoms with Crippen LogP contribution in [-0.4, -0.2) is 41.7 Å². The molecule has 94 valence electrons. The fourth-order valence-corrected chi connectivity index (χ4v) is 2.05. The number of hydrogen-bond donors (Lipinski definition) is 2. The highest BCUT2D eigenvalue weighted by atomic mass is 16.3. The van der Waals surface area contributed by atoms with Crippen LogP contribution in [0.2, 0.25) is 0 Å². The van der Waals surface area contributed by atoms with Gasteiger partial charge in [0, 0.05) is 13.1 Å². The van der Waals surface area contributed by atoms with Gasteiger partial charge in [-0.15, -0.1) is 0 Å². The minimum atomic E-state index is -0.287. The molecule has 1 aromatic rings. The maximum atomic E-state index is 11.7. The number of rotatable bonds is 4. The van der Waals surface area contributed by atoms with E-state index < -0.39 is 0 Å². The number of carbonyl (C=O) groups excluding carboxylic acids is 1.